The van der Waals surface area contributed by atoms with Crippen LogP contribution in [0.2, 0.25) is 0 Å². The highest BCUT2D eigenvalue weighted by Gasteiger charge is 2.12. The number of benzene rings is 1. The number of aromatic nitrogens is 1. The highest BCUT2D eigenvalue weighted by atomic mass is 79.9. The van der Waals surface area contributed by atoms with Gasteiger partial charge in [-0.05, 0) is 36.8 Å². The lowest BCUT2D eigenvalue weighted by Crippen LogP contribution is -2.05. The van der Waals surface area contributed by atoms with Gasteiger partial charge in [0.2, 0.25) is 0 Å². The van der Waals surface area contributed by atoms with E-state index < -0.39 is 6.10 Å². The maximum atomic E-state index is 13.2. The molecule has 0 spiro atoms. The minimum absolute atomic E-state index is 0.311. The molecule has 94 valence electrons. The van der Waals surface area contributed by atoms with Crippen molar-refractivity contribution >= 4 is 15.9 Å². The zero-order valence-corrected chi connectivity index (χ0v) is 11.5. The Balaban J connectivity index is 2.21. The SMILES string of the molecule is Cc1ncccc1C(O)Cc1cc(F)cc(Br)c1. The Morgan fingerprint density at radius 3 is 2.83 bits per heavy atom. The molecule has 1 unspecified atom stereocenters. The number of hydrogen-bond acceptors (Lipinski definition) is 2. The van der Waals surface area contributed by atoms with Gasteiger partial charge in [0, 0.05) is 28.3 Å². The molecule has 0 fully saturated rings. The molecule has 2 rings (SSSR count). The summed E-state index contributed by atoms with van der Waals surface area (Å²) in [7, 11) is 0. The quantitative estimate of drug-likeness (QED) is 0.940. The maximum Gasteiger partial charge on any atom is 0.124 e. The molecule has 1 aromatic heterocycles. The van der Waals surface area contributed by atoms with Crippen LogP contribution >= 0.6 is 15.9 Å². The lowest BCUT2D eigenvalue weighted by atomic mass is 10.0. The molecule has 1 N–H and O–H groups in total. The molecular formula is C14H13BrFNO. The van der Waals surface area contributed by atoms with Crippen LogP contribution in [0.5, 0.6) is 0 Å². The van der Waals surface area contributed by atoms with Crippen LogP contribution in [0, 0.1) is 12.7 Å². The second kappa shape index (κ2) is 5.59. The van der Waals surface area contributed by atoms with Gasteiger partial charge in [-0.3, -0.25) is 4.98 Å². The number of aliphatic hydroxyl groups excluding tert-OH is 1. The summed E-state index contributed by atoms with van der Waals surface area (Å²) in [6.07, 6.45) is 1.38. The van der Waals surface area contributed by atoms with Crippen LogP contribution in [0.25, 0.3) is 0 Å². The number of hydrogen-bond donors (Lipinski definition) is 1. The lowest BCUT2D eigenvalue weighted by Gasteiger charge is -2.13. The van der Waals surface area contributed by atoms with Gasteiger partial charge in [0.15, 0.2) is 0 Å². The van der Waals surface area contributed by atoms with E-state index in [4.69, 9.17) is 0 Å². The molecule has 0 aliphatic heterocycles. The molecule has 1 atom stereocenters. The molecule has 2 nitrogen and oxygen atoms in total. The second-order valence-electron chi connectivity index (χ2n) is 4.18. The lowest BCUT2D eigenvalue weighted by molar-refractivity contribution is 0.177. The van der Waals surface area contributed by atoms with Gasteiger partial charge in [0.05, 0.1) is 6.10 Å². The van der Waals surface area contributed by atoms with Crippen molar-refractivity contribution in [2.45, 2.75) is 19.4 Å². The first-order valence-electron chi connectivity index (χ1n) is 5.61. The molecule has 0 amide bonds. The predicted octanol–water partition coefficient (Wildman–Crippen LogP) is 3.57. The summed E-state index contributed by atoms with van der Waals surface area (Å²) in [6.45, 7) is 1.85. The van der Waals surface area contributed by atoms with E-state index in [0.717, 1.165) is 16.8 Å². The minimum Gasteiger partial charge on any atom is -0.388 e. The monoisotopic (exact) mass is 309 g/mol. The number of nitrogens with zero attached hydrogens (tertiary/aromatic N) is 1. The van der Waals surface area contributed by atoms with Gasteiger partial charge in [-0.25, -0.2) is 4.39 Å². The highest BCUT2D eigenvalue weighted by molar-refractivity contribution is 9.10. The molecule has 4 heteroatoms. The topological polar surface area (TPSA) is 33.1 Å². The third kappa shape index (κ3) is 3.15. The molecule has 1 aromatic carbocycles. The third-order valence-corrected chi connectivity index (χ3v) is 3.22. The Hall–Kier alpha value is -1.26. The van der Waals surface area contributed by atoms with Crippen molar-refractivity contribution in [1.82, 2.24) is 4.98 Å². The van der Waals surface area contributed by atoms with E-state index in [9.17, 15) is 9.50 Å². The number of rotatable bonds is 3. The highest BCUT2D eigenvalue weighted by Crippen LogP contribution is 2.23. The molecule has 0 radical (unpaired) electrons. The summed E-state index contributed by atoms with van der Waals surface area (Å²) in [4.78, 5) is 4.13. The number of aryl methyl sites for hydroxylation is 1. The van der Waals surface area contributed by atoms with E-state index in [1.165, 1.54) is 12.1 Å². The van der Waals surface area contributed by atoms with Crippen molar-refractivity contribution in [3.63, 3.8) is 0 Å². The van der Waals surface area contributed by atoms with E-state index in [1.54, 1.807) is 18.3 Å². The third-order valence-electron chi connectivity index (χ3n) is 2.76. The second-order valence-corrected chi connectivity index (χ2v) is 5.09. The van der Waals surface area contributed by atoms with Crippen molar-refractivity contribution in [3.8, 4) is 0 Å². The Morgan fingerprint density at radius 2 is 2.17 bits per heavy atom. The molecule has 0 saturated carbocycles. The van der Waals surface area contributed by atoms with Crippen molar-refractivity contribution < 1.29 is 9.50 Å². The van der Waals surface area contributed by atoms with E-state index >= 15 is 0 Å². The summed E-state index contributed by atoms with van der Waals surface area (Å²) in [6, 6.07) is 8.25. The Kier molecular flexibility index (Phi) is 4.09. The van der Waals surface area contributed by atoms with E-state index in [0.29, 0.717) is 10.9 Å². The largest absolute Gasteiger partial charge is 0.388 e. The van der Waals surface area contributed by atoms with Crippen molar-refractivity contribution in [1.29, 1.82) is 0 Å². The first-order chi connectivity index (χ1) is 8.56. The fourth-order valence-electron chi connectivity index (χ4n) is 1.91. The van der Waals surface area contributed by atoms with Crippen LogP contribution in [-0.4, -0.2) is 10.1 Å². The maximum absolute atomic E-state index is 13.2. The predicted molar refractivity (Wildman–Crippen MR) is 71.7 cm³/mol. The summed E-state index contributed by atoms with van der Waals surface area (Å²) >= 11 is 3.24. The summed E-state index contributed by atoms with van der Waals surface area (Å²) in [5, 5.41) is 10.2. The summed E-state index contributed by atoms with van der Waals surface area (Å²) in [5.74, 6) is -0.311. The van der Waals surface area contributed by atoms with Crippen LogP contribution in [0.15, 0.2) is 41.0 Å². The van der Waals surface area contributed by atoms with Gasteiger partial charge in [-0.2, -0.15) is 0 Å². The normalized spacial score (nSPS) is 12.4. The summed E-state index contributed by atoms with van der Waals surface area (Å²) < 4.78 is 13.9. The first kappa shape index (κ1) is 13.2. The van der Waals surface area contributed by atoms with Crippen molar-refractivity contribution in [2.75, 3.05) is 0 Å². The standard InChI is InChI=1S/C14H13BrFNO/c1-9-13(3-2-4-17-9)14(18)7-10-5-11(15)8-12(16)6-10/h2-6,8,14,18H,7H2,1H3. The van der Waals surface area contributed by atoms with E-state index in [-0.39, 0.29) is 5.82 Å². The van der Waals surface area contributed by atoms with Crippen molar-refractivity contribution in [3.05, 3.63) is 63.6 Å². The molecule has 0 bridgehead atoms. The van der Waals surface area contributed by atoms with Gasteiger partial charge in [0.1, 0.15) is 5.82 Å². The van der Waals surface area contributed by atoms with Crippen LogP contribution in [-0.2, 0) is 6.42 Å². The Bertz CT molecular complexity index is 539. The van der Waals surface area contributed by atoms with Gasteiger partial charge in [0.25, 0.3) is 0 Å². The fourth-order valence-corrected chi connectivity index (χ4v) is 2.42. The van der Waals surface area contributed by atoms with Gasteiger partial charge in [-0.15, -0.1) is 0 Å². The molecular weight excluding hydrogens is 297 g/mol. The number of halogens is 2. The van der Waals surface area contributed by atoms with Crippen LogP contribution < -0.4 is 0 Å². The van der Waals surface area contributed by atoms with Crippen LogP contribution in [0.1, 0.15) is 22.9 Å². The van der Waals surface area contributed by atoms with E-state index in [1.807, 2.05) is 13.0 Å². The first-order valence-corrected chi connectivity index (χ1v) is 6.40. The number of aliphatic hydroxyl groups is 1. The van der Waals surface area contributed by atoms with Gasteiger partial charge < -0.3 is 5.11 Å². The van der Waals surface area contributed by atoms with Gasteiger partial charge in [-0.1, -0.05) is 22.0 Å². The molecule has 18 heavy (non-hydrogen) atoms. The van der Waals surface area contributed by atoms with E-state index in [2.05, 4.69) is 20.9 Å². The zero-order chi connectivity index (χ0) is 13.1. The van der Waals surface area contributed by atoms with Gasteiger partial charge >= 0.3 is 0 Å². The molecule has 2 aromatic rings. The summed E-state index contributed by atoms with van der Waals surface area (Å²) in [5.41, 5.74) is 2.32. The average Bonchev–Trinajstić information content (AvgIpc) is 2.27. The molecule has 0 aliphatic carbocycles. The van der Waals surface area contributed by atoms with Crippen molar-refractivity contribution in [2.24, 2.45) is 0 Å². The number of pyridine rings is 1. The smallest absolute Gasteiger partial charge is 0.124 e. The van der Waals surface area contributed by atoms with Crippen LogP contribution in [0.3, 0.4) is 0 Å². The molecule has 1 heterocycles. The molecule has 0 saturated heterocycles. The Morgan fingerprint density at radius 1 is 1.39 bits per heavy atom. The molecule has 0 aliphatic rings. The Labute approximate surface area is 114 Å². The average molecular weight is 310 g/mol. The minimum atomic E-state index is -0.674. The zero-order valence-electron chi connectivity index (χ0n) is 9.90. The fraction of sp³-hybridized carbons (Fsp3) is 0.214. The van der Waals surface area contributed by atoms with Crippen LogP contribution in [0.4, 0.5) is 4.39 Å².